The van der Waals surface area contributed by atoms with Crippen molar-refractivity contribution in [2.45, 2.75) is 18.4 Å². The molecule has 0 spiro atoms. The first-order valence-corrected chi connectivity index (χ1v) is 7.22. The van der Waals surface area contributed by atoms with E-state index >= 15 is 0 Å². The van der Waals surface area contributed by atoms with Gasteiger partial charge >= 0.3 is 0 Å². The highest BCUT2D eigenvalue weighted by molar-refractivity contribution is 5.99. The largest absolute Gasteiger partial charge is 0.455 e. The van der Waals surface area contributed by atoms with Crippen LogP contribution in [0.25, 0.3) is 0 Å². The topological polar surface area (TPSA) is 62.7 Å². The van der Waals surface area contributed by atoms with Crippen LogP contribution in [0.2, 0.25) is 0 Å². The second-order valence-electron chi connectivity index (χ2n) is 5.30. The van der Waals surface area contributed by atoms with Crippen molar-refractivity contribution in [3.8, 4) is 0 Å². The highest BCUT2D eigenvalue weighted by Crippen LogP contribution is 2.24. The number of nitrogens with one attached hydrogen (secondary N) is 2. The zero-order chi connectivity index (χ0) is 14.9. The van der Waals surface area contributed by atoms with Crippen LogP contribution in [-0.4, -0.2) is 24.1 Å². The summed E-state index contributed by atoms with van der Waals surface area (Å²) in [5.74, 6) is 0.385. The molecule has 4 rings (SSSR count). The quantitative estimate of drug-likeness (QED) is 0.883. The molecule has 3 atom stereocenters. The number of amides is 1. The van der Waals surface area contributed by atoms with Gasteiger partial charge in [-0.3, -0.25) is 10.1 Å². The summed E-state index contributed by atoms with van der Waals surface area (Å²) in [6, 6.07) is 18.8. The van der Waals surface area contributed by atoms with Crippen LogP contribution in [0.5, 0.6) is 0 Å². The molecule has 0 radical (unpaired) electrons. The molecule has 5 nitrogen and oxygen atoms in total. The first kappa shape index (κ1) is 13.0. The van der Waals surface area contributed by atoms with Crippen LogP contribution >= 0.6 is 0 Å². The molecule has 5 heteroatoms. The zero-order valence-corrected chi connectivity index (χ0v) is 11.8. The van der Waals surface area contributed by atoms with Gasteiger partial charge in [-0.05, 0) is 17.7 Å². The van der Waals surface area contributed by atoms with Gasteiger partial charge in [-0.25, -0.2) is 4.99 Å². The van der Waals surface area contributed by atoms with Crippen LogP contribution in [0, 0.1) is 0 Å². The van der Waals surface area contributed by atoms with Gasteiger partial charge in [0.25, 0.3) is 5.91 Å². The maximum absolute atomic E-state index is 12.3. The summed E-state index contributed by atoms with van der Waals surface area (Å²) < 4.78 is 5.85. The van der Waals surface area contributed by atoms with Gasteiger partial charge in [0.15, 0.2) is 12.3 Å². The van der Waals surface area contributed by atoms with Gasteiger partial charge < -0.3 is 10.1 Å². The molecule has 2 heterocycles. The van der Waals surface area contributed by atoms with Crippen LogP contribution in [0.4, 0.5) is 0 Å². The Morgan fingerprint density at radius 1 is 0.955 bits per heavy atom. The summed E-state index contributed by atoms with van der Waals surface area (Å²) in [6.07, 6.45) is -0.700. The minimum Gasteiger partial charge on any atom is -0.455 e. The Morgan fingerprint density at radius 3 is 2.36 bits per heavy atom. The molecule has 1 saturated heterocycles. The maximum atomic E-state index is 12.3. The van der Waals surface area contributed by atoms with E-state index in [1.807, 2.05) is 60.7 Å². The number of rotatable bonds is 2. The van der Waals surface area contributed by atoms with Crippen molar-refractivity contribution in [3.63, 3.8) is 0 Å². The molecular formula is C17H15N3O2. The van der Waals surface area contributed by atoms with E-state index in [1.165, 1.54) is 0 Å². The van der Waals surface area contributed by atoms with Crippen molar-refractivity contribution in [1.29, 1.82) is 0 Å². The van der Waals surface area contributed by atoms with E-state index in [-0.39, 0.29) is 12.1 Å². The summed E-state index contributed by atoms with van der Waals surface area (Å²) in [5, 5.41) is 6.23. The number of fused-ring (bicyclic) bond motifs is 1. The first-order chi connectivity index (χ1) is 10.8. The lowest BCUT2D eigenvalue weighted by Crippen LogP contribution is -2.58. The Bertz CT molecular complexity index is 715. The molecule has 2 aromatic rings. The smallest absolute Gasteiger partial charge is 0.251 e. The standard InChI is InChI=1S/C17H15N3O2/c21-15-13-17(20-14(19-15)11-7-3-1-4-8-11)22-16(18-13)12-9-5-2-6-10-12/h1-10,13-14,17,20H,(H,19,21). The number of nitrogens with zero attached hydrogens (tertiary/aromatic N) is 1. The third-order valence-electron chi connectivity index (χ3n) is 3.82. The van der Waals surface area contributed by atoms with Crippen LogP contribution < -0.4 is 10.6 Å². The van der Waals surface area contributed by atoms with Crippen molar-refractivity contribution in [3.05, 3.63) is 71.8 Å². The average molecular weight is 293 g/mol. The molecule has 0 aliphatic carbocycles. The molecule has 0 saturated carbocycles. The van der Waals surface area contributed by atoms with E-state index in [2.05, 4.69) is 15.6 Å². The number of aliphatic imine (C=N–C) groups is 1. The second-order valence-corrected chi connectivity index (χ2v) is 5.30. The molecule has 1 fully saturated rings. The SMILES string of the molecule is O=C1NC(c2ccccc2)NC2OC(c3ccccc3)=NC12. The van der Waals surface area contributed by atoms with Gasteiger partial charge in [-0.2, -0.15) is 0 Å². The van der Waals surface area contributed by atoms with Crippen molar-refractivity contribution in [2.24, 2.45) is 4.99 Å². The molecule has 110 valence electrons. The summed E-state index contributed by atoms with van der Waals surface area (Å²) in [6.45, 7) is 0. The fourth-order valence-electron chi connectivity index (χ4n) is 2.71. The number of ether oxygens (including phenoxy) is 1. The number of benzene rings is 2. The van der Waals surface area contributed by atoms with Crippen molar-refractivity contribution >= 4 is 11.8 Å². The van der Waals surface area contributed by atoms with Gasteiger partial charge in [-0.15, -0.1) is 0 Å². The highest BCUT2D eigenvalue weighted by atomic mass is 16.5. The van der Waals surface area contributed by atoms with Gasteiger partial charge in [0, 0.05) is 5.56 Å². The predicted molar refractivity (Wildman–Crippen MR) is 82.1 cm³/mol. The molecule has 0 aromatic heterocycles. The fraction of sp³-hybridized carbons (Fsp3) is 0.176. The van der Waals surface area contributed by atoms with Crippen LogP contribution in [0.3, 0.4) is 0 Å². The average Bonchev–Trinajstić information content (AvgIpc) is 3.01. The Balaban J connectivity index is 1.57. The molecule has 3 unspecified atom stereocenters. The van der Waals surface area contributed by atoms with E-state index in [9.17, 15) is 4.79 Å². The van der Waals surface area contributed by atoms with Crippen LogP contribution in [0.1, 0.15) is 17.3 Å². The van der Waals surface area contributed by atoms with Crippen molar-refractivity contribution in [2.75, 3.05) is 0 Å². The molecular weight excluding hydrogens is 278 g/mol. The van der Waals surface area contributed by atoms with Gasteiger partial charge in [0.2, 0.25) is 5.90 Å². The molecule has 2 aromatic carbocycles. The minimum atomic E-state index is -0.546. The monoisotopic (exact) mass is 293 g/mol. The Morgan fingerprint density at radius 2 is 1.64 bits per heavy atom. The van der Waals surface area contributed by atoms with Crippen LogP contribution in [-0.2, 0) is 9.53 Å². The molecule has 2 aliphatic rings. The fourth-order valence-corrected chi connectivity index (χ4v) is 2.71. The second kappa shape index (κ2) is 5.27. The zero-order valence-electron chi connectivity index (χ0n) is 11.8. The normalized spacial score (nSPS) is 26.6. The summed E-state index contributed by atoms with van der Waals surface area (Å²) in [4.78, 5) is 16.7. The third-order valence-corrected chi connectivity index (χ3v) is 3.82. The number of carbonyl (C=O) groups is 1. The maximum Gasteiger partial charge on any atom is 0.251 e. The molecule has 2 aliphatic heterocycles. The van der Waals surface area contributed by atoms with Gasteiger partial charge in [0.1, 0.15) is 6.17 Å². The minimum absolute atomic E-state index is 0.122. The molecule has 22 heavy (non-hydrogen) atoms. The Hall–Kier alpha value is -2.66. The lowest BCUT2D eigenvalue weighted by atomic mass is 10.1. The molecule has 0 bridgehead atoms. The predicted octanol–water partition coefficient (Wildman–Crippen LogP) is 1.58. The van der Waals surface area contributed by atoms with Gasteiger partial charge in [-0.1, -0.05) is 48.5 Å². The van der Waals surface area contributed by atoms with Crippen molar-refractivity contribution in [1.82, 2.24) is 10.6 Å². The van der Waals surface area contributed by atoms with E-state index in [0.29, 0.717) is 5.90 Å². The van der Waals surface area contributed by atoms with Crippen molar-refractivity contribution < 1.29 is 9.53 Å². The van der Waals surface area contributed by atoms with E-state index in [0.717, 1.165) is 11.1 Å². The molecule has 2 N–H and O–H groups in total. The number of hydrogen-bond acceptors (Lipinski definition) is 4. The number of carbonyl (C=O) groups excluding carboxylic acids is 1. The number of hydrogen-bond donors (Lipinski definition) is 2. The van der Waals surface area contributed by atoms with Crippen LogP contribution in [0.15, 0.2) is 65.7 Å². The first-order valence-electron chi connectivity index (χ1n) is 7.22. The third kappa shape index (κ3) is 2.25. The van der Waals surface area contributed by atoms with E-state index in [4.69, 9.17) is 4.74 Å². The summed E-state index contributed by atoms with van der Waals surface area (Å²) in [7, 11) is 0. The van der Waals surface area contributed by atoms with E-state index < -0.39 is 12.3 Å². The van der Waals surface area contributed by atoms with E-state index in [1.54, 1.807) is 0 Å². The highest BCUT2D eigenvalue weighted by Gasteiger charge is 2.42. The lowest BCUT2D eigenvalue weighted by Gasteiger charge is -2.31. The Labute approximate surface area is 128 Å². The summed E-state index contributed by atoms with van der Waals surface area (Å²) >= 11 is 0. The Kier molecular flexibility index (Phi) is 3.12. The summed E-state index contributed by atoms with van der Waals surface area (Å²) in [5.41, 5.74) is 1.87. The van der Waals surface area contributed by atoms with Gasteiger partial charge in [0.05, 0.1) is 0 Å². The molecule has 1 amide bonds. The lowest BCUT2D eigenvalue weighted by molar-refractivity contribution is -0.128.